The predicted octanol–water partition coefficient (Wildman–Crippen LogP) is -2.57. The van der Waals surface area contributed by atoms with E-state index in [1.807, 2.05) is 0 Å². The first-order valence-electron chi connectivity index (χ1n) is 7.99. The number of carboxylic acids is 1. The Morgan fingerprint density at radius 3 is 2.52 bits per heavy atom. The van der Waals surface area contributed by atoms with E-state index < -0.39 is 48.0 Å². The Bertz CT molecular complexity index is 548. The quantitative estimate of drug-likeness (QED) is 0.242. The topological polar surface area (TPSA) is 170 Å². The molecule has 0 aromatic rings. The zero-order chi connectivity index (χ0) is 19.3. The van der Waals surface area contributed by atoms with Crippen molar-refractivity contribution >= 4 is 23.3 Å². The van der Waals surface area contributed by atoms with Gasteiger partial charge in [0.25, 0.3) is 10.2 Å². The number of carbonyl (C=O) groups is 1. The van der Waals surface area contributed by atoms with E-state index in [9.17, 15) is 22.7 Å². The predicted molar refractivity (Wildman–Crippen MR) is 89.4 cm³/mol. The minimum absolute atomic E-state index is 0.00240. The molecular formula is C12H26BFN4O6S. The third kappa shape index (κ3) is 5.32. The molecule has 1 aliphatic rings. The second kappa shape index (κ2) is 9.21. The summed E-state index contributed by atoms with van der Waals surface area (Å²) in [7, 11) is -5.62. The monoisotopic (exact) mass is 384 g/mol. The summed E-state index contributed by atoms with van der Waals surface area (Å²) < 4.78 is 39.8. The molecule has 0 amide bonds. The summed E-state index contributed by atoms with van der Waals surface area (Å²) in [5, 5.41) is 27.2. The lowest BCUT2D eigenvalue weighted by molar-refractivity contribution is -0.144. The average Bonchev–Trinajstić information content (AvgIpc) is 2.86. The molecule has 0 spiro atoms. The Labute approximate surface area is 146 Å². The maximum atomic E-state index is 12.7. The van der Waals surface area contributed by atoms with Gasteiger partial charge in [0.05, 0.1) is 0 Å². The van der Waals surface area contributed by atoms with Gasteiger partial charge in [0.15, 0.2) is 0 Å². The molecule has 25 heavy (non-hydrogen) atoms. The molecule has 1 fully saturated rings. The number of hydrogen-bond acceptors (Lipinski definition) is 7. The number of alkyl halides is 1. The third-order valence-electron chi connectivity index (χ3n) is 4.37. The molecule has 0 aromatic carbocycles. The van der Waals surface area contributed by atoms with Gasteiger partial charge < -0.3 is 26.6 Å². The van der Waals surface area contributed by atoms with Crippen LogP contribution in [0.1, 0.15) is 12.8 Å². The second-order valence-corrected chi connectivity index (χ2v) is 8.06. The molecule has 1 saturated heterocycles. The van der Waals surface area contributed by atoms with Gasteiger partial charge in [-0.05, 0) is 12.7 Å². The Morgan fingerprint density at radius 2 is 2.04 bits per heavy atom. The first-order valence-corrected chi connectivity index (χ1v) is 9.39. The lowest BCUT2D eigenvalue weighted by Crippen LogP contribution is -2.55. The molecule has 0 saturated carbocycles. The summed E-state index contributed by atoms with van der Waals surface area (Å²) in [6, 6.07) is 0. The number of halogens is 1. The molecule has 0 aliphatic carbocycles. The van der Waals surface area contributed by atoms with Crippen LogP contribution in [0.3, 0.4) is 0 Å². The number of aliphatic carboxylic acids is 1. The highest BCUT2D eigenvalue weighted by atomic mass is 32.2. The fourth-order valence-corrected chi connectivity index (χ4v) is 4.66. The average molecular weight is 384 g/mol. The van der Waals surface area contributed by atoms with E-state index in [0.717, 1.165) is 8.61 Å². The number of carboxylic acid groups (broad SMARTS) is 1. The standard InChI is InChI=1S/C12H26BFN4O6S/c14-4-6-17(7-5-15)25(23,24)18-8-10(2-1-3-13(21)22)12(16,9-18)11(19)20/h10,21-22H,1-9,15-16H2,(H,19,20)/t10-,12-/m0/s1. The van der Waals surface area contributed by atoms with Crippen LogP contribution in [0.15, 0.2) is 0 Å². The van der Waals surface area contributed by atoms with Crippen molar-refractivity contribution in [2.24, 2.45) is 17.4 Å². The van der Waals surface area contributed by atoms with Crippen molar-refractivity contribution in [2.75, 3.05) is 39.4 Å². The second-order valence-electron chi connectivity index (χ2n) is 6.13. The molecule has 2 atom stereocenters. The lowest BCUT2D eigenvalue weighted by atomic mass is 9.78. The van der Waals surface area contributed by atoms with E-state index in [1.54, 1.807) is 0 Å². The van der Waals surface area contributed by atoms with Crippen LogP contribution in [0, 0.1) is 5.92 Å². The summed E-state index contributed by atoms with van der Waals surface area (Å²) in [6.07, 6.45) is 0.520. The van der Waals surface area contributed by atoms with Crippen LogP contribution < -0.4 is 11.5 Å². The number of hydrogen-bond donors (Lipinski definition) is 5. The normalized spacial score (nSPS) is 24.8. The molecule has 7 N–H and O–H groups in total. The fraction of sp³-hybridized carbons (Fsp3) is 0.917. The van der Waals surface area contributed by atoms with Gasteiger partial charge in [0.2, 0.25) is 0 Å². The summed E-state index contributed by atoms with van der Waals surface area (Å²) >= 11 is 0. The summed E-state index contributed by atoms with van der Waals surface area (Å²) in [4.78, 5) is 11.6. The molecule has 10 nitrogen and oxygen atoms in total. The van der Waals surface area contributed by atoms with Crippen molar-refractivity contribution in [1.29, 1.82) is 0 Å². The first kappa shape index (κ1) is 22.2. The van der Waals surface area contributed by atoms with E-state index in [0.29, 0.717) is 0 Å². The molecule has 1 heterocycles. The summed E-state index contributed by atoms with van der Waals surface area (Å²) in [6.45, 7) is -1.93. The van der Waals surface area contributed by atoms with Gasteiger partial charge in [-0.1, -0.05) is 6.42 Å². The molecule has 0 unspecified atom stereocenters. The molecular weight excluding hydrogens is 358 g/mol. The minimum Gasteiger partial charge on any atom is -0.480 e. The van der Waals surface area contributed by atoms with Crippen LogP contribution in [0.5, 0.6) is 0 Å². The molecule has 146 valence electrons. The molecule has 1 rings (SSSR count). The van der Waals surface area contributed by atoms with Gasteiger partial charge in [-0.3, -0.25) is 4.79 Å². The molecule has 0 bridgehead atoms. The highest BCUT2D eigenvalue weighted by Gasteiger charge is 2.53. The van der Waals surface area contributed by atoms with Crippen LogP contribution in [0.25, 0.3) is 0 Å². The lowest BCUT2D eigenvalue weighted by Gasteiger charge is -2.27. The van der Waals surface area contributed by atoms with Crippen molar-refractivity contribution in [3.05, 3.63) is 0 Å². The van der Waals surface area contributed by atoms with Crippen LogP contribution in [0.2, 0.25) is 6.32 Å². The minimum atomic E-state index is -4.10. The van der Waals surface area contributed by atoms with Gasteiger partial charge in [-0.2, -0.15) is 17.0 Å². The number of nitrogens with two attached hydrogens (primary N) is 2. The van der Waals surface area contributed by atoms with Gasteiger partial charge in [-0.25, -0.2) is 4.39 Å². The Hall–Kier alpha value is -0.825. The van der Waals surface area contributed by atoms with Gasteiger partial charge in [0.1, 0.15) is 12.2 Å². The van der Waals surface area contributed by atoms with E-state index in [1.165, 1.54) is 0 Å². The molecule has 0 aromatic heterocycles. The van der Waals surface area contributed by atoms with Crippen LogP contribution >= 0.6 is 0 Å². The summed E-state index contributed by atoms with van der Waals surface area (Å²) in [5.74, 6) is -2.04. The summed E-state index contributed by atoms with van der Waals surface area (Å²) in [5.41, 5.74) is 9.52. The number of nitrogens with zero attached hydrogens (tertiary/aromatic N) is 2. The first-order chi connectivity index (χ1) is 11.6. The fourth-order valence-electron chi connectivity index (χ4n) is 2.95. The van der Waals surface area contributed by atoms with Crippen LogP contribution in [-0.2, 0) is 15.0 Å². The van der Waals surface area contributed by atoms with E-state index in [-0.39, 0.29) is 45.3 Å². The largest absolute Gasteiger partial charge is 0.480 e. The van der Waals surface area contributed by atoms with Crippen molar-refractivity contribution in [1.82, 2.24) is 8.61 Å². The van der Waals surface area contributed by atoms with Crippen molar-refractivity contribution in [2.45, 2.75) is 24.7 Å². The Balaban J connectivity index is 2.97. The zero-order valence-electron chi connectivity index (χ0n) is 13.9. The van der Waals surface area contributed by atoms with E-state index in [4.69, 9.17) is 21.5 Å². The van der Waals surface area contributed by atoms with E-state index >= 15 is 0 Å². The van der Waals surface area contributed by atoms with E-state index in [2.05, 4.69) is 0 Å². The van der Waals surface area contributed by atoms with Gasteiger partial charge >= 0.3 is 13.1 Å². The molecule has 0 radical (unpaired) electrons. The van der Waals surface area contributed by atoms with Crippen LogP contribution in [-0.4, -0.2) is 90.2 Å². The molecule has 13 heteroatoms. The van der Waals surface area contributed by atoms with Gasteiger partial charge in [0, 0.05) is 38.6 Å². The van der Waals surface area contributed by atoms with Crippen molar-refractivity contribution in [3.8, 4) is 0 Å². The third-order valence-corrected chi connectivity index (χ3v) is 6.32. The van der Waals surface area contributed by atoms with Crippen molar-refractivity contribution < 1.29 is 32.8 Å². The highest BCUT2D eigenvalue weighted by Crippen LogP contribution is 2.32. The maximum Gasteiger partial charge on any atom is 0.451 e. The molecule has 1 aliphatic heterocycles. The van der Waals surface area contributed by atoms with Gasteiger partial charge in [-0.15, -0.1) is 0 Å². The Kier molecular flexibility index (Phi) is 8.18. The number of rotatable bonds is 11. The smallest absolute Gasteiger partial charge is 0.451 e. The highest BCUT2D eigenvalue weighted by molar-refractivity contribution is 7.86. The Morgan fingerprint density at radius 1 is 1.40 bits per heavy atom. The van der Waals surface area contributed by atoms with Crippen LogP contribution in [0.4, 0.5) is 4.39 Å². The SMILES string of the molecule is NCCN(CCF)S(=O)(=O)N1C[C@H](CCCB(O)O)[C@](N)(C(=O)O)C1. The zero-order valence-corrected chi connectivity index (χ0v) is 14.7. The van der Waals surface area contributed by atoms with Crippen molar-refractivity contribution in [3.63, 3.8) is 0 Å². The maximum absolute atomic E-state index is 12.7.